The summed E-state index contributed by atoms with van der Waals surface area (Å²) in [5.74, 6) is 0. The first-order valence-electron chi connectivity index (χ1n) is 9.58. The Kier molecular flexibility index (Phi) is 5.12. The second-order valence-corrected chi connectivity index (χ2v) is 6.98. The summed E-state index contributed by atoms with van der Waals surface area (Å²) >= 11 is 0. The monoisotopic (exact) mass is 379 g/mol. The van der Waals surface area contributed by atoms with Crippen molar-refractivity contribution in [3.8, 4) is 0 Å². The topological polar surface area (TPSA) is 77.8 Å². The molecule has 3 heterocycles. The van der Waals surface area contributed by atoms with Crippen LogP contribution in [0.3, 0.4) is 0 Å². The largest absolute Gasteiger partial charge is 0.369 e. The summed E-state index contributed by atoms with van der Waals surface area (Å²) in [7, 11) is 0. The second-order valence-electron chi connectivity index (χ2n) is 6.98. The molecular weight excluding hydrogens is 354 g/mol. The van der Waals surface area contributed by atoms with Gasteiger partial charge in [0, 0.05) is 43.6 Å². The fraction of sp³-hybridized carbons (Fsp3) is 0.350. The maximum absolute atomic E-state index is 12.4. The van der Waals surface area contributed by atoms with Gasteiger partial charge in [-0.15, -0.1) is 0 Å². The zero-order valence-electron chi connectivity index (χ0n) is 16.2. The number of piperazine rings is 1. The third kappa shape index (κ3) is 3.91. The Balaban J connectivity index is 1.39. The van der Waals surface area contributed by atoms with E-state index in [1.165, 1.54) is 5.69 Å². The molecule has 1 aliphatic heterocycles. The molecule has 2 amide bonds. The number of fused-ring (bicyclic) bond motifs is 1. The average molecular weight is 379 g/mol. The summed E-state index contributed by atoms with van der Waals surface area (Å²) in [6.45, 7) is 9.56. The van der Waals surface area contributed by atoms with E-state index in [0.717, 1.165) is 49.6 Å². The molecule has 1 saturated heterocycles. The van der Waals surface area contributed by atoms with Gasteiger partial charge in [0.1, 0.15) is 0 Å². The molecule has 0 atom stereocenters. The Labute approximate surface area is 164 Å². The van der Waals surface area contributed by atoms with Crippen LogP contribution in [0, 0.1) is 6.92 Å². The molecule has 8 nitrogen and oxygen atoms in total. The van der Waals surface area contributed by atoms with E-state index < -0.39 is 0 Å². The molecule has 1 aliphatic rings. The first kappa shape index (κ1) is 18.2. The minimum absolute atomic E-state index is 0.305. The fourth-order valence-corrected chi connectivity index (χ4v) is 3.47. The zero-order valence-corrected chi connectivity index (χ0v) is 16.2. The third-order valence-electron chi connectivity index (χ3n) is 5.15. The number of hydrogen-bond donors (Lipinski definition) is 2. The summed E-state index contributed by atoms with van der Waals surface area (Å²) in [5.41, 5.74) is 4.34. The van der Waals surface area contributed by atoms with Crippen molar-refractivity contribution >= 4 is 28.7 Å². The van der Waals surface area contributed by atoms with E-state index in [-0.39, 0.29) is 6.03 Å². The lowest BCUT2D eigenvalue weighted by atomic mass is 10.1. The number of nitrogens with zero attached hydrogens (tertiary/aromatic N) is 5. The van der Waals surface area contributed by atoms with E-state index in [2.05, 4.69) is 49.6 Å². The van der Waals surface area contributed by atoms with Gasteiger partial charge in [0.2, 0.25) is 0 Å². The van der Waals surface area contributed by atoms with Crippen LogP contribution >= 0.6 is 0 Å². The first-order chi connectivity index (χ1) is 13.6. The number of anilines is 3. The van der Waals surface area contributed by atoms with Gasteiger partial charge in [-0.05, 0) is 37.2 Å². The van der Waals surface area contributed by atoms with Gasteiger partial charge >= 0.3 is 6.03 Å². The lowest BCUT2D eigenvalue weighted by molar-refractivity contribution is 0.262. The number of aryl methyl sites for hydroxylation is 1. The average Bonchev–Trinajstić information content (AvgIpc) is 3.17. The van der Waals surface area contributed by atoms with E-state index in [4.69, 9.17) is 0 Å². The Morgan fingerprint density at radius 3 is 2.71 bits per heavy atom. The van der Waals surface area contributed by atoms with Crippen LogP contribution < -0.4 is 15.5 Å². The standard InChI is InChI=1S/C20H25N7O/c1-3-25-8-10-26(11-9-25)17-4-5-18(15(2)12-17)24-20(28)23-16-13-21-19-6-7-22-27(19)14-16/h4-7,12-14H,3,8-11H2,1-2H3,(H2,23,24,28). The van der Waals surface area contributed by atoms with Crippen molar-refractivity contribution in [3.05, 3.63) is 48.4 Å². The Morgan fingerprint density at radius 2 is 1.96 bits per heavy atom. The number of aromatic nitrogens is 3. The fourth-order valence-electron chi connectivity index (χ4n) is 3.47. The van der Waals surface area contributed by atoms with Crippen LogP contribution in [0.15, 0.2) is 42.9 Å². The highest BCUT2D eigenvalue weighted by atomic mass is 16.2. The van der Waals surface area contributed by atoms with Crippen molar-refractivity contribution < 1.29 is 4.79 Å². The van der Waals surface area contributed by atoms with E-state index >= 15 is 0 Å². The SMILES string of the molecule is CCN1CCN(c2ccc(NC(=O)Nc3cnc4ccnn4c3)c(C)c2)CC1. The zero-order chi connectivity index (χ0) is 19.5. The summed E-state index contributed by atoms with van der Waals surface area (Å²) in [5, 5.41) is 9.84. The molecule has 3 aromatic rings. The molecule has 1 fully saturated rings. The highest BCUT2D eigenvalue weighted by Gasteiger charge is 2.16. The molecule has 146 valence electrons. The molecular formula is C20H25N7O. The third-order valence-corrected chi connectivity index (χ3v) is 5.15. The van der Waals surface area contributed by atoms with E-state index in [1.807, 2.05) is 13.0 Å². The summed E-state index contributed by atoms with van der Waals surface area (Å²) in [4.78, 5) is 21.5. The summed E-state index contributed by atoms with van der Waals surface area (Å²) in [6, 6.07) is 7.67. The maximum Gasteiger partial charge on any atom is 0.323 e. The van der Waals surface area contributed by atoms with Crippen molar-refractivity contribution in [2.45, 2.75) is 13.8 Å². The van der Waals surface area contributed by atoms with Gasteiger partial charge in [-0.25, -0.2) is 14.3 Å². The Bertz CT molecular complexity index is 976. The van der Waals surface area contributed by atoms with Crippen LogP contribution in [-0.2, 0) is 0 Å². The number of likely N-dealkylation sites (N-methyl/N-ethyl adjacent to an activating group) is 1. The van der Waals surface area contributed by atoms with Crippen LogP contribution in [0.2, 0.25) is 0 Å². The number of benzene rings is 1. The highest BCUT2D eigenvalue weighted by molar-refractivity contribution is 6.00. The maximum atomic E-state index is 12.4. The molecule has 0 aliphatic carbocycles. The van der Waals surface area contributed by atoms with Gasteiger partial charge in [-0.2, -0.15) is 5.10 Å². The molecule has 0 unspecified atom stereocenters. The van der Waals surface area contributed by atoms with Gasteiger partial charge < -0.3 is 20.4 Å². The van der Waals surface area contributed by atoms with Crippen molar-refractivity contribution in [2.24, 2.45) is 0 Å². The van der Waals surface area contributed by atoms with E-state index in [1.54, 1.807) is 29.2 Å². The Hall–Kier alpha value is -3.13. The lowest BCUT2D eigenvalue weighted by Gasteiger charge is -2.35. The molecule has 28 heavy (non-hydrogen) atoms. The number of carbonyl (C=O) groups excluding carboxylic acids is 1. The van der Waals surface area contributed by atoms with E-state index in [0.29, 0.717) is 5.69 Å². The molecule has 0 spiro atoms. The first-order valence-corrected chi connectivity index (χ1v) is 9.58. The molecule has 8 heteroatoms. The van der Waals surface area contributed by atoms with Crippen molar-refractivity contribution in [1.29, 1.82) is 0 Å². The molecule has 1 aromatic carbocycles. The number of hydrogen-bond acceptors (Lipinski definition) is 5. The molecule has 4 rings (SSSR count). The summed E-state index contributed by atoms with van der Waals surface area (Å²) < 4.78 is 1.62. The smallest absolute Gasteiger partial charge is 0.323 e. The van der Waals surface area contributed by atoms with Crippen molar-refractivity contribution in [3.63, 3.8) is 0 Å². The quantitative estimate of drug-likeness (QED) is 0.729. The predicted molar refractivity (Wildman–Crippen MR) is 111 cm³/mol. The number of amides is 2. The Morgan fingerprint density at radius 1 is 1.14 bits per heavy atom. The second kappa shape index (κ2) is 7.85. The minimum atomic E-state index is -0.305. The summed E-state index contributed by atoms with van der Waals surface area (Å²) in [6.07, 6.45) is 5.01. The van der Waals surface area contributed by atoms with Gasteiger partial charge in [-0.3, -0.25) is 0 Å². The molecule has 0 radical (unpaired) electrons. The minimum Gasteiger partial charge on any atom is -0.369 e. The number of rotatable bonds is 4. The lowest BCUT2D eigenvalue weighted by Crippen LogP contribution is -2.46. The molecule has 2 aromatic heterocycles. The number of urea groups is 1. The highest BCUT2D eigenvalue weighted by Crippen LogP contribution is 2.24. The van der Waals surface area contributed by atoms with Crippen LogP contribution in [0.1, 0.15) is 12.5 Å². The molecule has 0 bridgehead atoms. The van der Waals surface area contributed by atoms with Crippen LogP contribution in [0.5, 0.6) is 0 Å². The predicted octanol–water partition coefficient (Wildman–Crippen LogP) is 2.82. The normalized spacial score (nSPS) is 15.0. The molecule has 2 N–H and O–H groups in total. The van der Waals surface area contributed by atoms with Crippen molar-refractivity contribution in [1.82, 2.24) is 19.5 Å². The van der Waals surface area contributed by atoms with Gasteiger partial charge in [0.25, 0.3) is 0 Å². The van der Waals surface area contributed by atoms with Gasteiger partial charge in [-0.1, -0.05) is 6.92 Å². The van der Waals surface area contributed by atoms with Gasteiger partial charge in [0.05, 0.1) is 24.3 Å². The van der Waals surface area contributed by atoms with Crippen LogP contribution in [-0.4, -0.2) is 58.3 Å². The number of nitrogens with one attached hydrogen (secondary N) is 2. The molecule has 0 saturated carbocycles. The number of carbonyl (C=O) groups is 1. The van der Waals surface area contributed by atoms with Crippen LogP contribution in [0.4, 0.5) is 21.9 Å². The van der Waals surface area contributed by atoms with Gasteiger partial charge in [0.15, 0.2) is 5.65 Å². The van der Waals surface area contributed by atoms with Crippen LogP contribution in [0.25, 0.3) is 5.65 Å². The van der Waals surface area contributed by atoms with Crippen molar-refractivity contribution in [2.75, 3.05) is 48.3 Å². The van der Waals surface area contributed by atoms with E-state index in [9.17, 15) is 4.79 Å².